The Morgan fingerprint density at radius 2 is 1.97 bits per heavy atom. The lowest BCUT2D eigenvalue weighted by atomic mass is 10.0. The quantitative estimate of drug-likeness (QED) is 0.393. The van der Waals surface area contributed by atoms with Crippen molar-refractivity contribution in [1.29, 1.82) is 0 Å². The first-order valence-electron chi connectivity index (χ1n) is 12.6. The fraction of sp³-hybridized carbons (Fsp3) is 0.519. The number of pyridine rings is 1. The molecule has 2 amide bonds. The Morgan fingerprint density at radius 3 is 2.68 bits per heavy atom. The summed E-state index contributed by atoms with van der Waals surface area (Å²) in [5, 5.41) is 6.03. The molecule has 2 heterocycles. The molecule has 1 aromatic heterocycles. The lowest BCUT2D eigenvalue weighted by Crippen LogP contribution is -2.44. The first-order chi connectivity index (χ1) is 17.9. The smallest absolute Gasteiger partial charge is 0.407 e. The number of amides is 2. The van der Waals surface area contributed by atoms with Crippen LogP contribution in [-0.4, -0.2) is 81.1 Å². The van der Waals surface area contributed by atoms with Gasteiger partial charge in [-0.1, -0.05) is 6.07 Å². The maximum absolute atomic E-state index is 13.6. The molecular weight excluding hydrogens is 476 g/mol. The Kier molecular flexibility index (Phi) is 11.0. The highest BCUT2D eigenvalue weighted by molar-refractivity contribution is 5.95. The molecule has 10 nitrogen and oxygen atoms in total. The zero-order valence-electron chi connectivity index (χ0n) is 22.1. The molecule has 0 saturated carbocycles. The van der Waals surface area contributed by atoms with E-state index in [9.17, 15) is 9.59 Å². The SMILES string of the molecule is COCCCOc1cc(C(=O)N(C[C@@H]2CNC[C@H]2OC(=O)NCc2ccccn2)C(C)C)ccc1OC. The van der Waals surface area contributed by atoms with Crippen LogP contribution in [0.2, 0.25) is 0 Å². The first kappa shape index (κ1) is 28.2. The highest BCUT2D eigenvalue weighted by Gasteiger charge is 2.34. The predicted octanol–water partition coefficient (Wildman–Crippen LogP) is 2.87. The number of aromatic nitrogens is 1. The summed E-state index contributed by atoms with van der Waals surface area (Å²) in [5.41, 5.74) is 1.26. The minimum absolute atomic E-state index is 0.0463. The van der Waals surface area contributed by atoms with Crippen molar-refractivity contribution in [2.75, 3.05) is 47.1 Å². The lowest BCUT2D eigenvalue weighted by molar-refractivity contribution is 0.0521. The summed E-state index contributed by atoms with van der Waals surface area (Å²) >= 11 is 0. The van der Waals surface area contributed by atoms with Crippen LogP contribution in [0.15, 0.2) is 42.6 Å². The minimum Gasteiger partial charge on any atom is -0.493 e. The number of carbonyl (C=O) groups is 2. The molecule has 0 bridgehead atoms. The van der Waals surface area contributed by atoms with Crippen LogP contribution in [0, 0.1) is 5.92 Å². The van der Waals surface area contributed by atoms with Crippen LogP contribution in [0.4, 0.5) is 4.79 Å². The Hall–Kier alpha value is -3.37. The van der Waals surface area contributed by atoms with E-state index < -0.39 is 6.09 Å². The fourth-order valence-corrected chi connectivity index (χ4v) is 4.13. The van der Waals surface area contributed by atoms with E-state index in [-0.39, 0.29) is 30.5 Å². The highest BCUT2D eigenvalue weighted by atomic mass is 16.6. The minimum atomic E-state index is -0.503. The van der Waals surface area contributed by atoms with Crippen LogP contribution in [-0.2, 0) is 16.0 Å². The van der Waals surface area contributed by atoms with Gasteiger partial charge in [0, 0.05) is 63.5 Å². The van der Waals surface area contributed by atoms with Crippen molar-refractivity contribution in [2.24, 2.45) is 5.92 Å². The average Bonchev–Trinajstić information content (AvgIpc) is 3.34. The molecule has 0 spiro atoms. The predicted molar refractivity (Wildman–Crippen MR) is 139 cm³/mol. The molecule has 1 aromatic carbocycles. The van der Waals surface area contributed by atoms with Crippen molar-refractivity contribution in [3.63, 3.8) is 0 Å². The third-order valence-corrected chi connectivity index (χ3v) is 6.15. The standard InChI is InChI=1S/C27H38N4O6/c1-19(2)31(26(32)20-9-10-23(35-4)24(14-20)36-13-7-12-34-3)18-21-15-28-17-25(21)37-27(33)30-16-22-8-5-6-11-29-22/h5-6,8-11,14,19,21,25,28H,7,12-13,15-18H2,1-4H3,(H,30,33)/t21-,25+/m0/s1. The van der Waals surface area contributed by atoms with Gasteiger partial charge in [-0.15, -0.1) is 0 Å². The van der Waals surface area contributed by atoms with Gasteiger partial charge in [-0.2, -0.15) is 0 Å². The van der Waals surface area contributed by atoms with Gasteiger partial charge in [-0.3, -0.25) is 9.78 Å². The zero-order valence-corrected chi connectivity index (χ0v) is 22.1. The number of nitrogens with one attached hydrogen (secondary N) is 2. The third kappa shape index (κ3) is 8.33. The molecule has 2 atom stereocenters. The molecule has 3 rings (SSSR count). The molecule has 0 unspecified atom stereocenters. The second-order valence-corrected chi connectivity index (χ2v) is 9.15. The Morgan fingerprint density at radius 1 is 1.14 bits per heavy atom. The number of methoxy groups -OCH3 is 2. The second-order valence-electron chi connectivity index (χ2n) is 9.15. The monoisotopic (exact) mass is 514 g/mol. The lowest BCUT2D eigenvalue weighted by Gasteiger charge is -2.31. The summed E-state index contributed by atoms with van der Waals surface area (Å²) in [7, 11) is 3.21. The number of benzene rings is 1. The van der Waals surface area contributed by atoms with Gasteiger partial charge in [0.2, 0.25) is 0 Å². The van der Waals surface area contributed by atoms with Gasteiger partial charge in [0.25, 0.3) is 5.91 Å². The molecule has 1 aliphatic heterocycles. The molecule has 0 radical (unpaired) electrons. The number of hydrogen-bond acceptors (Lipinski definition) is 8. The number of alkyl carbamates (subject to hydrolysis) is 1. The van der Waals surface area contributed by atoms with E-state index in [4.69, 9.17) is 18.9 Å². The molecule has 1 fully saturated rings. The average molecular weight is 515 g/mol. The fourth-order valence-electron chi connectivity index (χ4n) is 4.13. The van der Waals surface area contributed by atoms with Gasteiger partial charge >= 0.3 is 6.09 Å². The van der Waals surface area contributed by atoms with Gasteiger partial charge in [0.1, 0.15) is 6.10 Å². The van der Waals surface area contributed by atoms with E-state index in [2.05, 4.69) is 15.6 Å². The molecule has 2 N–H and O–H groups in total. The highest BCUT2D eigenvalue weighted by Crippen LogP contribution is 2.29. The zero-order chi connectivity index (χ0) is 26.6. The summed E-state index contributed by atoms with van der Waals surface area (Å²) in [6.07, 6.45) is 1.54. The maximum atomic E-state index is 13.6. The molecule has 2 aromatic rings. The summed E-state index contributed by atoms with van der Waals surface area (Å²) in [4.78, 5) is 32.0. The van der Waals surface area contributed by atoms with Crippen LogP contribution in [0.5, 0.6) is 11.5 Å². The van der Waals surface area contributed by atoms with E-state index >= 15 is 0 Å². The van der Waals surface area contributed by atoms with Crippen LogP contribution in [0.1, 0.15) is 36.3 Å². The van der Waals surface area contributed by atoms with Crippen molar-refractivity contribution in [2.45, 2.75) is 39.0 Å². The van der Waals surface area contributed by atoms with Crippen LogP contribution in [0.25, 0.3) is 0 Å². The summed E-state index contributed by atoms with van der Waals surface area (Å²) in [5.74, 6) is 0.913. The second kappa shape index (κ2) is 14.4. The van der Waals surface area contributed by atoms with Crippen molar-refractivity contribution in [1.82, 2.24) is 20.5 Å². The van der Waals surface area contributed by atoms with Crippen LogP contribution >= 0.6 is 0 Å². The van der Waals surface area contributed by atoms with Gasteiger partial charge in [-0.25, -0.2) is 4.79 Å². The topological polar surface area (TPSA) is 111 Å². The number of rotatable bonds is 13. The van der Waals surface area contributed by atoms with E-state index in [0.29, 0.717) is 49.9 Å². The van der Waals surface area contributed by atoms with Crippen molar-refractivity contribution in [3.05, 3.63) is 53.9 Å². The van der Waals surface area contributed by atoms with E-state index in [0.717, 1.165) is 12.1 Å². The van der Waals surface area contributed by atoms with Gasteiger partial charge in [-0.05, 0) is 44.2 Å². The summed E-state index contributed by atoms with van der Waals surface area (Å²) < 4.78 is 22.0. The number of nitrogens with zero attached hydrogens (tertiary/aromatic N) is 2. The largest absolute Gasteiger partial charge is 0.493 e. The molecule has 37 heavy (non-hydrogen) atoms. The Balaban J connectivity index is 1.63. The van der Waals surface area contributed by atoms with E-state index in [1.165, 1.54) is 0 Å². The van der Waals surface area contributed by atoms with Gasteiger partial charge < -0.3 is 34.5 Å². The van der Waals surface area contributed by atoms with Crippen LogP contribution in [0.3, 0.4) is 0 Å². The number of hydrogen-bond donors (Lipinski definition) is 2. The van der Waals surface area contributed by atoms with E-state index in [1.54, 1.807) is 43.5 Å². The van der Waals surface area contributed by atoms with Crippen molar-refractivity contribution in [3.8, 4) is 11.5 Å². The van der Waals surface area contributed by atoms with Gasteiger partial charge in [0.05, 0.1) is 26.0 Å². The number of carbonyl (C=O) groups excluding carboxylic acids is 2. The van der Waals surface area contributed by atoms with E-state index in [1.807, 2.05) is 32.0 Å². The van der Waals surface area contributed by atoms with Gasteiger partial charge in [0.15, 0.2) is 11.5 Å². The molecule has 10 heteroatoms. The maximum Gasteiger partial charge on any atom is 0.407 e. The summed E-state index contributed by atoms with van der Waals surface area (Å²) in [6.45, 7) is 6.89. The molecule has 1 saturated heterocycles. The Bertz CT molecular complexity index is 1000. The van der Waals surface area contributed by atoms with Crippen molar-refractivity contribution < 1.29 is 28.5 Å². The Labute approximate surface area is 218 Å². The molecular formula is C27H38N4O6. The normalized spacial score (nSPS) is 16.9. The molecule has 1 aliphatic rings. The van der Waals surface area contributed by atoms with Crippen molar-refractivity contribution >= 4 is 12.0 Å². The van der Waals surface area contributed by atoms with Crippen LogP contribution < -0.4 is 20.1 Å². The first-order valence-corrected chi connectivity index (χ1v) is 12.6. The number of ether oxygens (including phenoxy) is 4. The molecule has 202 valence electrons. The third-order valence-electron chi connectivity index (χ3n) is 6.15. The summed E-state index contributed by atoms with van der Waals surface area (Å²) in [6, 6.07) is 10.7. The molecule has 0 aliphatic carbocycles.